The van der Waals surface area contributed by atoms with Crippen LogP contribution in [0.5, 0.6) is 0 Å². The molecule has 1 amide bonds. The summed E-state index contributed by atoms with van der Waals surface area (Å²) in [5.74, 6) is -0.424. The summed E-state index contributed by atoms with van der Waals surface area (Å²) < 4.78 is 26.7. The number of nitrogens with zero attached hydrogens (tertiary/aromatic N) is 5. The van der Waals surface area contributed by atoms with Crippen LogP contribution in [0.15, 0.2) is 35.0 Å². The number of rotatable bonds is 7. The standard InChI is InChI=1S/C22H22ClFN6O3/c1-14(26-22(31)19-10-16(33-28-19)13-29-6-8-32-9-7-29)12-30-5-4-18(27-30)17-3-2-15(11-25)20(23)21(17)24/h2-5,10,14H,6-9,12-13H2,1H3,(H,26,31)/t14-/m0/s1. The first-order valence-electron chi connectivity index (χ1n) is 10.4. The van der Waals surface area contributed by atoms with Crippen LogP contribution < -0.4 is 5.32 Å². The molecule has 3 aromatic rings. The molecule has 172 valence electrons. The van der Waals surface area contributed by atoms with E-state index in [0.29, 0.717) is 37.8 Å². The van der Waals surface area contributed by atoms with E-state index in [1.54, 1.807) is 23.0 Å². The van der Waals surface area contributed by atoms with Crippen LogP contribution >= 0.6 is 11.6 Å². The third kappa shape index (κ3) is 5.39. The molecule has 1 atom stereocenters. The van der Waals surface area contributed by atoms with Crippen LogP contribution in [0, 0.1) is 17.1 Å². The average Bonchev–Trinajstić information content (AvgIpc) is 3.46. The Balaban J connectivity index is 1.34. The maximum atomic E-state index is 14.5. The highest BCUT2D eigenvalue weighted by atomic mass is 35.5. The fourth-order valence-corrected chi connectivity index (χ4v) is 3.75. The zero-order chi connectivity index (χ0) is 23.4. The molecule has 3 heterocycles. The number of nitriles is 1. The van der Waals surface area contributed by atoms with Gasteiger partial charge in [-0.25, -0.2) is 4.39 Å². The number of hydrogen-bond acceptors (Lipinski definition) is 7. The number of carbonyl (C=O) groups excluding carboxylic acids is 1. The number of benzene rings is 1. The van der Waals surface area contributed by atoms with Crippen LogP contribution in [0.25, 0.3) is 11.3 Å². The minimum atomic E-state index is -0.693. The first-order chi connectivity index (χ1) is 15.9. The second kappa shape index (κ2) is 10.1. The minimum absolute atomic E-state index is 0.0645. The molecule has 1 aliphatic heterocycles. The zero-order valence-corrected chi connectivity index (χ0v) is 18.7. The summed E-state index contributed by atoms with van der Waals surface area (Å²) in [4.78, 5) is 14.7. The van der Waals surface area contributed by atoms with E-state index in [2.05, 4.69) is 20.5 Å². The van der Waals surface area contributed by atoms with Crippen LogP contribution in [0.2, 0.25) is 5.02 Å². The van der Waals surface area contributed by atoms with Gasteiger partial charge < -0.3 is 14.6 Å². The Kier molecular flexibility index (Phi) is 7.03. The van der Waals surface area contributed by atoms with Gasteiger partial charge in [0.15, 0.2) is 17.3 Å². The van der Waals surface area contributed by atoms with Crippen molar-refractivity contribution in [3.8, 4) is 17.3 Å². The smallest absolute Gasteiger partial charge is 0.273 e. The highest BCUT2D eigenvalue weighted by Gasteiger charge is 2.19. The largest absolute Gasteiger partial charge is 0.379 e. The maximum absolute atomic E-state index is 14.5. The summed E-state index contributed by atoms with van der Waals surface area (Å²) in [5.41, 5.74) is 0.849. The SMILES string of the molecule is C[C@@H](Cn1ccc(-c2ccc(C#N)c(Cl)c2F)n1)NC(=O)c1cc(CN2CCOCC2)on1. The summed E-state index contributed by atoms with van der Waals surface area (Å²) in [6, 6.07) is 7.77. The number of hydrogen-bond donors (Lipinski definition) is 1. The Bertz CT molecular complexity index is 1180. The van der Waals surface area contributed by atoms with Crippen LogP contribution in [-0.4, -0.2) is 58.1 Å². The zero-order valence-electron chi connectivity index (χ0n) is 17.9. The van der Waals surface area contributed by atoms with Crippen molar-refractivity contribution in [2.75, 3.05) is 26.3 Å². The number of nitrogens with one attached hydrogen (secondary N) is 1. The molecule has 2 aromatic heterocycles. The Morgan fingerprint density at radius 2 is 2.15 bits per heavy atom. The fourth-order valence-electron chi connectivity index (χ4n) is 3.54. The topological polar surface area (TPSA) is 109 Å². The lowest BCUT2D eigenvalue weighted by molar-refractivity contribution is 0.0305. The maximum Gasteiger partial charge on any atom is 0.273 e. The number of ether oxygens (including phenoxy) is 1. The summed E-state index contributed by atoms with van der Waals surface area (Å²) in [6.07, 6.45) is 1.68. The van der Waals surface area contributed by atoms with Crippen molar-refractivity contribution < 1.29 is 18.4 Å². The summed E-state index contributed by atoms with van der Waals surface area (Å²) in [6.45, 7) is 5.74. The van der Waals surface area contributed by atoms with Crippen LogP contribution in [0.1, 0.15) is 28.7 Å². The average molecular weight is 473 g/mol. The Labute approximate surface area is 194 Å². The van der Waals surface area contributed by atoms with Crippen molar-refractivity contribution in [1.29, 1.82) is 5.26 Å². The highest BCUT2D eigenvalue weighted by Crippen LogP contribution is 2.29. The molecule has 1 aromatic carbocycles. The van der Waals surface area contributed by atoms with E-state index >= 15 is 0 Å². The monoisotopic (exact) mass is 472 g/mol. The van der Waals surface area contributed by atoms with Crippen molar-refractivity contribution in [1.82, 2.24) is 25.2 Å². The molecule has 1 fully saturated rings. The second-order valence-corrected chi connectivity index (χ2v) is 8.14. The van der Waals surface area contributed by atoms with Gasteiger partial charge in [-0.15, -0.1) is 0 Å². The molecule has 0 saturated carbocycles. The molecular formula is C22H22ClFN6O3. The van der Waals surface area contributed by atoms with Crippen molar-refractivity contribution in [3.63, 3.8) is 0 Å². The van der Waals surface area contributed by atoms with Gasteiger partial charge in [0.25, 0.3) is 5.91 Å². The van der Waals surface area contributed by atoms with Gasteiger partial charge in [-0.05, 0) is 25.1 Å². The molecule has 1 aliphatic rings. The molecule has 0 bridgehead atoms. The third-order valence-corrected chi connectivity index (χ3v) is 5.60. The van der Waals surface area contributed by atoms with Crippen LogP contribution in [0.3, 0.4) is 0 Å². The second-order valence-electron chi connectivity index (χ2n) is 7.76. The quantitative estimate of drug-likeness (QED) is 0.563. The molecule has 1 N–H and O–H groups in total. The lowest BCUT2D eigenvalue weighted by Crippen LogP contribution is -2.36. The molecule has 0 radical (unpaired) electrons. The Morgan fingerprint density at radius 3 is 2.91 bits per heavy atom. The van der Waals surface area contributed by atoms with E-state index in [1.807, 2.05) is 13.0 Å². The molecule has 4 rings (SSSR count). The number of aromatic nitrogens is 3. The lowest BCUT2D eigenvalue weighted by Gasteiger charge is -2.25. The van der Waals surface area contributed by atoms with Crippen molar-refractivity contribution in [2.45, 2.75) is 26.1 Å². The Morgan fingerprint density at radius 1 is 1.36 bits per heavy atom. The molecule has 0 aliphatic carbocycles. The summed E-state index contributed by atoms with van der Waals surface area (Å²) in [7, 11) is 0. The first-order valence-corrected chi connectivity index (χ1v) is 10.8. The van der Waals surface area contributed by atoms with Crippen LogP contribution in [-0.2, 0) is 17.8 Å². The van der Waals surface area contributed by atoms with Gasteiger partial charge >= 0.3 is 0 Å². The highest BCUT2D eigenvalue weighted by molar-refractivity contribution is 6.32. The number of halogens is 2. The van der Waals surface area contributed by atoms with Gasteiger partial charge in [-0.3, -0.25) is 14.4 Å². The number of carbonyl (C=O) groups is 1. The van der Waals surface area contributed by atoms with Gasteiger partial charge in [0.05, 0.1) is 42.6 Å². The van der Waals surface area contributed by atoms with Gasteiger partial charge in [-0.1, -0.05) is 16.8 Å². The molecule has 33 heavy (non-hydrogen) atoms. The van der Waals surface area contributed by atoms with Gasteiger partial charge in [-0.2, -0.15) is 10.4 Å². The van der Waals surface area contributed by atoms with E-state index in [0.717, 1.165) is 13.1 Å². The molecule has 9 nitrogen and oxygen atoms in total. The van der Waals surface area contributed by atoms with E-state index in [4.69, 9.17) is 26.1 Å². The minimum Gasteiger partial charge on any atom is -0.379 e. The predicted octanol–water partition coefficient (Wildman–Crippen LogP) is 2.85. The van der Waals surface area contributed by atoms with Crippen molar-refractivity contribution >= 4 is 17.5 Å². The van der Waals surface area contributed by atoms with E-state index in [1.165, 1.54) is 12.1 Å². The fraction of sp³-hybridized carbons (Fsp3) is 0.364. The molecule has 0 unspecified atom stereocenters. The van der Waals surface area contributed by atoms with Crippen molar-refractivity contribution in [3.05, 3.63) is 58.3 Å². The Hall–Kier alpha value is -3.26. The van der Waals surface area contributed by atoms with Gasteiger partial charge in [0.2, 0.25) is 0 Å². The number of morpholine rings is 1. The molecule has 0 spiro atoms. The molecule has 1 saturated heterocycles. The van der Waals surface area contributed by atoms with E-state index < -0.39 is 5.82 Å². The van der Waals surface area contributed by atoms with Crippen molar-refractivity contribution in [2.24, 2.45) is 0 Å². The van der Waals surface area contributed by atoms with Crippen LogP contribution in [0.4, 0.5) is 4.39 Å². The van der Waals surface area contributed by atoms with E-state index in [9.17, 15) is 9.18 Å². The van der Waals surface area contributed by atoms with Gasteiger partial charge in [0.1, 0.15) is 6.07 Å². The predicted molar refractivity (Wildman–Crippen MR) is 117 cm³/mol. The lowest BCUT2D eigenvalue weighted by atomic mass is 10.1. The third-order valence-electron chi connectivity index (χ3n) is 5.23. The number of amides is 1. The van der Waals surface area contributed by atoms with Gasteiger partial charge in [0, 0.05) is 37.0 Å². The molecule has 11 heteroatoms. The summed E-state index contributed by atoms with van der Waals surface area (Å²) >= 11 is 5.91. The normalized spacial score (nSPS) is 15.2. The van der Waals surface area contributed by atoms with E-state index in [-0.39, 0.29) is 33.8 Å². The molecular weight excluding hydrogens is 451 g/mol. The summed E-state index contributed by atoms with van der Waals surface area (Å²) in [5, 5.41) is 19.8. The first kappa shape index (κ1) is 22.9.